The van der Waals surface area contributed by atoms with E-state index in [1.54, 1.807) is 7.05 Å². The van der Waals surface area contributed by atoms with Crippen LogP contribution in [0.1, 0.15) is 12.8 Å². The van der Waals surface area contributed by atoms with Crippen LogP contribution in [0.3, 0.4) is 0 Å². The first-order valence-electron chi connectivity index (χ1n) is 6.08. The molecule has 1 aliphatic carbocycles. The Bertz CT molecular complexity index is 637. The van der Waals surface area contributed by atoms with Crippen molar-refractivity contribution in [2.24, 2.45) is 12.5 Å². The Labute approximate surface area is 104 Å². The number of hydrogen-bond donors (Lipinski definition) is 2. The van der Waals surface area contributed by atoms with Crippen molar-refractivity contribution in [1.82, 2.24) is 4.57 Å². The quantitative estimate of drug-likeness (QED) is 0.856. The molecule has 0 unspecified atom stereocenters. The molecule has 1 aromatic heterocycles. The number of aromatic nitrogens is 1. The molecule has 5 nitrogen and oxygen atoms in total. The van der Waals surface area contributed by atoms with Gasteiger partial charge < -0.3 is 14.8 Å². The molecule has 96 valence electrons. The molecule has 0 bridgehead atoms. The SMILES string of the molecule is Cn1c(=O)oc2cc(NCC3(CO)CC3)ccc21. The maximum absolute atomic E-state index is 11.4. The zero-order valence-corrected chi connectivity index (χ0v) is 10.3. The van der Waals surface area contributed by atoms with Crippen LogP contribution in [0.25, 0.3) is 11.1 Å². The smallest absolute Gasteiger partial charge is 0.408 e. The van der Waals surface area contributed by atoms with E-state index in [9.17, 15) is 9.90 Å². The van der Waals surface area contributed by atoms with Crippen LogP contribution in [0.15, 0.2) is 27.4 Å². The van der Waals surface area contributed by atoms with E-state index in [0.29, 0.717) is 5.58 Å². The molecule has 0 amide bonds. The van der Waals surface area contributed by atoms with Crippen LogP contribution in [0, 0.1) is 5.41 Å². The van der Waals surface area contributed by atoms with Gasteiger partial charge in [-0.2, -0.15) is 0 Å². The van der Waals surface area contributed by atoms with Gasteiger partial charge in [0.2, 0.25) is 0 Å². The Morgan fingerprint density at radius 2 is 2.28 bits per heavy atom. The van der Waals surface area contributed by atoms with Crippen molar-refractivity contribution in [2.75, 3.05) is 18.5 Å². The second-order valence-corrected chi connectivity index (χ2v) is 5.12. The average Bonchev–Trinajstić information content (AvgIpc) is 3.11. The fraction of sp³-hybridized carbons (Fsp3) is 0.462. The minimum atomic E-state index is -0.351. The number of hydrogen-bond acceptors (Lipinski definition) is 4. The summed E-state index contributed by atoms with van der Waals surface area (Å²) in [4.78, 5) is 11.4. The molecular weight excluding hydrogens is 232 g/mol. The molecular formula is C13H16N2O3. The minimum absolute atomic E-state index is 0.0620. The van der Waals surface area contributed by atoms with E-state index in [4.69, 9.17) is 4.42 Å². The third-order valence-electron chi connectivity index (χ3n) is 3.75. The van der Waals surface area contributed by atoms with E-state index in [1.807, 2.05) is 18.2 Å². The van der Waals surface area contributed by atoms with Gasteiger partial charge in [0.1, 0.15) is 0 Å². The normalized spacial score (nSPS) is 17.0. The second kappa shape index (κ2) is 3.88. The number of fused-ring (bicyclic) bond motifs is 1. The van der Waals surface area contributed by atoms with Crippen molar-refractivity contribution in [3.63, 3.8) is 0 Å². The highest BCUT2D eigenvalue weighted by Crippen LogP contribution is 2.44. The van der Waals surface area contributed by atoms with Gasteiger partial charge in [-0.1, -0.05) is 0 Å². The molecule has 0 radical (unpaired) electrons. The third-order valence-corrected chi connectivity index (χ3v) is 3.75. The summed E-state index contributed by atoms with van der Waals surface area (Å²) in [5.74, 6) is -0.351. The largest absolute Gasteiger partial charge is 0.419 e. The number of nitrogens with zero attached hydrogens (tertiary/aromatic N) is 1. The van der Waals surface area contributed by atoms with Gasteiger partial charge in [0.15, 0.2) is 5.58 Å². The minimum Gasteiger partial charge on any atom is -0.408 e. The molecule has 1 heterocycles. The Hall–Kier alpha value is -1.75. The van der Waals surface area contributed by atoms with E-state index in [-0.39, 0.29) is 17.8 Å². The maximum atomic E-state index is 11.4. The van der Waals surface area contributed by atoms with Gasteiger partial charge in [-0.15, -0.1) is 0 Å². The van der Waals surface area contributed by atoms with Gasteiger partial charge in [0, 0.05) is 30.8 Å². The second-order valence-electron chi connectivity index (χ2n) is 5.12. The molecule has 1 saturated carbocycles. The first-order valence-corrected chi connectivity index (χ1v) is 6.08. The number of anilines is 1. The first-order chi connectivity index (χ1) is 8.63. The topological polar surface area (TPSA) is 67.4 Å². The third kappa shape index (κ3) is 1.80. The Morgan fingerprint density at radius 1 is 1.50 bits per heavy atom. The van der Waals surface area contributed by atoms with Gasteiger partial charge in [0.05, 0.1) is 12.1 Å². The zero-order chi connectivity index (χ0) is 12.8. The van der Waals surface area contributed by atoms with Gasteiger partial charge >= 0.3 is 5.76 Å². The summed E-state index contributed by atoms with van der Waals surface area (Å²) >= 11 is 0. The molecule has 0 spiro atoms. The summed E-state index contributed by atoms with van der Waals surface area (Å²) in [5, 5.41) is 12.5. The summed E-state index contributed by atoms with van der Waals surface area (Å²) in [6.45, 7) is 0.981. The lowest BCUT2D eigenvalue weighted by Gasteiger charge is -2.13. The summed E-state index contributed by atoms with van der Waals surface area (Å²) < 4.78 is 6.61. The lowest BCUT2D eigenvalue weighted by molar-refractivity contribution is 0.220. The molecule has 0 atom stereocenters. The van der Waals surface area contributed by atoms with E-state index >= 15 is 0 Å². The number of rotatable bonds is 4. The molecule has 0 aliphatic heterocycles. The predicted molar refractivity (Wildman–Crippen MR) is 68.7 cm³/mol. The van der Waals surface area contributed by atoms with Crippen LogP contribution in [0.2, 0.25) is 0 Å². The molecule has 2 N–H and O–H groups in total. The van der Waals surface area contributed by atoms with Crippen molar-refractivity contribution >= 4 is 16.8 Å². The molecule has 5 heteroatoms. The first kappa shape index (κ1) is 11.3. The highest BCUT2D eigenvalue weighted by Gasteiger charge is 2.41. The molecule has 18 heavy (non-hydrogen) atoms. The lowest BCUT2D eigenvalue weighted by atomic mass is 10.1. The standard InChI is InChI=1S/C13H16N2O3/c1-15-10-3-2-9(6-11(10)18-12(15)17)14-7-13(8-16)4-5-13/h2-3,6,14,16H,4-5,7-8H2,1H3. The Kier molecular flexibility index (Phi) is 2.45. The Balaban J connectivity index is 1.83. The highest BCUT2D eigenvalue weighted by molar-refractivity contribution is 5.77. The van der Waals surface area contributed by atoms with Crippen molar-refractivity contribution in [3.05, 3.63) is 28.7 Å². The molecule has 2 aromatic rings. The van der Waals surface area contributed by atoms with E-state index < -0.39 is 0 Å². The van der Waals surface area contributed by atoms with Gasteiger partial charge in [-0.25, -0.2) is 4.79 Å². The molecule has 1 aromatic carbocycles. The molecule has 3 rings (SSSR count). The van der Waals surface area contributed by atoms with E-state index in [1.165, 1.54) is 4.57 Å². The fourth-order valence-corrected chi connectivity index (χ4v) is 2.10. The number of aliphatic hydroxyl groups excluding tert-OH is 1. The number of oxazole rings is 1. The number of nitrogens with one attached hydrogen (secondary N) is 1. The summed E-state index contributed by atoms with van der Waals surface area (Å²) in [5.41, 5.74) is 2.35. The van der Waals surface area contributed by atoms with Crippen LogP contribution < -0.4 is 11.1 Å². The van der Waals surface area contributed by atoms with Crippen molar-refractivity contribution in [1.29, 1.82) is 0 Å². The summed E-state index contributed by atoms with van der Waals surface area (Å²) in [7, 11) is 1.69. The van der Waals surface area contributed by atoms with Crippen LogP contribution in [-0.4, -0.2) is 22.8 Å². The maximum Gasteiger partial charge on any atom is 0.419 e. The van der Waals surface area contributed by atoms with Gasteiger partial charge in [-0.05, 0) is 25.0 Å². The lowest BCUT2D eigenvalue weighted by Crippen LogP contribution is -2.18. The van der Waals surface area contributed by atoms with E-state index in [0.717, 1.165) is 30.6 Å². The molecule has 1 fully saturated rings. The van der Waals surface area contributed by atoms with Crippen LogP contribution in [0.4, 0.5) is 5.69 Å². The van der Waals surface area contributed by atoms with Gasteiger partial charge in [-0.3, -0.25) is 4.57 Å². The number of aryl methyl sites for hydroxylation is 1. The average molecular weight is 248 g/mol. The van der Waals surface area contributed by atoms with Gasteiger partial charge in [0.25, 0.3) is 0 Å². The summed E-state index contributed by atoms with van der Waals surface area (Å²) in [6, 6.07) is 5.61. The molecule has 0 saturated heterocycles. The van der Waals surface area contributed by atoms with E-state index in [2.05, 4.69) is 5.32 Å². The number of benzene rings is 1. The fourth-order valence-electron chi connectivity index (χ4n) is 2.10. The van der Waals surface area contributed by atoms with Crippen LogP contribution in [0.5, 0.6) is 0 Å². The van der Waals surface area contributed by atoms with Crippen molar-refractivity contribution in [3.8, 4) is 0 Å². The Morgan fingerprint density at radius 3 is 2.94 bits per heavy atom. The van der Waals surface area contributed by atoms with Crippen LogP contribution in [-0.2, 0) is 7.05 Å². The summed E-state index contributed by atoms with van der Waals surface area (Å²) in [6.07, 6.45) is 2.14. The number of aliphatic hydroxyl groups is 1. The van der Waals surface area contributed by atoms with Crippen molar-refractivity contribution in [2.45, 2.75) is 12.8 Å². The molecule has 1 aliphatic rings. The highest BCUT2D eigenvalue weighted by atomic mass is 16.4. The van der Waals surface area contributed by atoms with Crippen molar-refractivity contribution < 1.29 is 9.52 Å². The predicted octanol–water partition coefficient (Wildman–Crippen LogP) is 1.32. The zero-order valence-electron chi connectivity index (χ0n) is 10.3. The van der Waals surface area contributed by atoms with Crippen LogP contribution >= 0.6 is 0 Å². The monoisotopic (exact) mass is 248 g/mol.